The van der Waals surface area contributed by atoms with Crippen molar-refractivity contribution in [1.29, 1.82) is 0 Å². The van der Waals surface area contributed by atoms with E-state index >= 15 is 0 Å². The van der Waals surface area contributed by atoms with Crippen LogP contribution in [0.4, 0.5) is 0 Å². The predicted octanol–water partition coefficient (Wildman–Crippen LogP) is -0.374. The third-order valence-corrected chi connectivity index (χ3v) is 1.61. The Balaban J connectivity index is 4.17. The number of carbonyl (C=O) groups is 1. The van der Waals surface area contributed by atoms with Crippen molar-refractivity contribution < 1.29 is 19.1 Å². The summed E-state index contributed by atoms with van der Waals surface area (Å²) in [6.45, 7) is 4.47. The molecule has 0 heterocycles. The molecule has 0 fully saturated rings. The molecule has 14 heavy (non-hydrogen) atoms. The van der Waals surface area contributed by atoms with E-state index in [4.69, 9.17) is 4.74 Å². The summed E-state index contributed by atoms with van der Waals surface area (Å²) in [5.74, 6) is -1.05. The van der Waals surface area contributed by atoms with Gasteiger partial charge in [-0.3, -0.25) is 0 Å². The molecule has 0 aliphatic heterocycles. The van der Waals surface area contributed by atoms with Crippen LogP contribution >= 0.6 is 0 Å². The van der Waals surface area contributed by atoms with E-state index in [2.05, 4.69) is 0 Å². The van der Waals surface area contributed by atoms with Crippen molar-refractivity contribution >= 4 is 5.97 Å². The third-order valence-electron chi connectivity index (χ3n) is 1.61. The molecular formula is C10H21NO3. The summed E-state index contributed by atoms with van der Waals surface area (Å²) in [5.41, 5.74) is 0. The van der Waals surface area contributed by atoms with Crippen LogP contribution in [0.1, 0.15) is 20.3 Å². The van der Waals surface area contributed by atoms with Crippen LogP contribution in [-0.2, 0) is 9.53 Å². The lowest BCUT2D eigenvalue weighted by atomic mass is 10.2. The monoisotopic (exact) mass is 203 g/mol. The van der Waals surface area contributed by atoms with Crippen LogP contribution in [0.3, 0.4) is 0 Å². The Kier molecular flexibility index (Phi) is 5.08. The van der Waals surface area contributed by atoms with Gasteiger partial charge in [-0.15, -0.1) is 0 Å². The number of likely N-dealkylation sites (N-methyl/N-ethyl adjacent to an activating group) is 1. The van der Waals surface area contributed by atoms with Crippen LogP contribution in [-0.4, -0.2) is 50.3 Å². The SMILES string of the molecule is CC(C)OC(CC(=O)[O-])C[N+](C)(C)C. The van der Waals surface area contributed by atoms with Gasteiger partial charge in [-0.1, -0.05) is 0 Å². The summed E-state index contributed by atoms with van der Waals surface area (Å²) in [4.78, 5) is 10.5. The van der Waals surface area contributed by atoms with Crippen molar-refractivity contribution in [3.8, 4) is 0 Å². The molecule has 1 atom stereocenters. The van der Waals surface area contributed by atoms with E-state index in [0.717, 1.165) is 0 Å². The van der Waals surface area contributed by atoms with Gasteiger partial charge in [0.15, 0.2) is 0 Å². The maximum absolute atomic E-state index is 10.5. The Morgan fingerprint density at radius 1 is 1.36 bits per heavy atom. The summed E-state index contributed by atoms with van der Waals surface area (Å²) in [5, 5.41) is 10.5. The molecule has 0 aliphatic carbocycles. The first-order valence-electron chi connectivity index (χ1n) is 4.86. The first-order valence-corrected chi connectivity index (χ1v) is 4.86. The highest BCUT2D eigenvalue weighted by molar-refractivity contribution is 5.64. The second-order valence-electron chi connectivity index (χ2n) is 4.86. The van der Waals surface area contributed by atoms with Gasteiger partial charge in [0.25, 0.3) is 0 Å². The van der Waals surface area contributed by atoms with Gasteiger partial charge in [0.2, 0.25) is 0 Å². The Bertz CT molecular complexity index is 184. The van der Waals surface area contributed by atoms with Crippen molar-refractivity contribution in [3.63, 3.8) is 0 Å². The smallest absolute Gasteiger partial charge is 0.112 e. The van der Waals surface area contributed by atoms with Gasteiger partial charge in [0.1, 0.15) is 12.6 Å². The Morgan fingerprint density at radius 3 is 2.14 bits per heavy atom. The molecule has 0 aromatic rings. The number of quaternary nitrogens is 1. The zero-order chi connectivity index (χ0) is 11.4. The van der Waals surface area contributed by atoms with Gasteiger partial charge in [0, 0.05) is 12.4 Å². The first kappa shape index (κ1) is 13.4. The lowest BCUT2D eigenvalue weighted by Crippen LogP contribution is -2.45. The number of rotatable bonds is 6. The fraction of sp³-hybridized carbons (Fsp3) is 0.900. The topological polar surface area (TPSA) is 49.4 Å². The van der Waals surface area contributed by atoms with Crippen LogP contribution in [0.5, 0.6) is 0 Å². The predicted molar refractivity (Wildman–Crippen MR) is 52.5 cm³/mol. The Hall–Kier alpha value is -0.610. The van der Waals surface area contributed by atoms with Crippen LogP contribution < -0.4 is 5.11 Å². The lowest BCUT2D eigenvalue weighted by molar-refractivity contribution is -0.873. The van der Waals surface area contributed by atoms with Crippen LogP contribution in [0.25, 0.3) is 0 Å². The van der Waals surface area contributed by atoms with E-state index in [1.54, 1.807) is 0 Å². The standard InChI is InChI=1S/C10H21NO3/c1-8(2)14-9(6-10(12)13)7-11(3,4)5/h8-9H,6-7H2,1-5H3. The number of ether oxygens (including phenoxy) is 1. The molecular weight excluding hydrogens is 182 g/mol. The zero-order valence-electron chi connectivity index (χ0n) is 9.74. The number of carboxylic acid groups (broad SMARTS) is 1. The fourth-order valence-electron chi connectivity index (χ4n) is 1.34. The number of hydrogen-bond acceptors (Lipinski definition) is 3. The van der Waals surface area contributed by atoms with Crippen molar-refractivity contribution in [2.45, 2.75) is 32.5 Å². The quantitative estimate of drug-likeness (QED) is 0.553. The van der Waals surface area contributed by atoms with Gasteiger partial charge in [0.05, 0.1) is 27.2 Å². The van der Waals surface area contributed by atoms with E-state index in [1.165, 1.54) is 0 Å². The normalized spacial score (nSPS) is 14.4. The van der Waals surface area contributed by atoms with Gasteiger partial charge >= 0.3 is 0 Å². The molecule has 0 amide bonds. The van der Waals surface area contributed by atoms with Gasteiger partial charge in [-0.2, -0.15) is 0 Å². The number of carboxylic acids is 1. The first-order chi connectivity index (χ1) is 6.20. The number of hydrogen-bond donors (Lipinski definition) is 0. The lowest BCUT2D eigenvalue weighted by Gasteiger charge is -2.30. The molecule has 4 nitrogen and oxygen atoms in total. The van der Waals surface area contributed by atoms with Crippen LogP contribution in [0.15, 0.2) is 0 Å². The average molecular weight is 203 g/mol. The van der Waals surface area contributed by atoms with Crippen molar-refractivity contribution in [1.82, 2.24) is 0 Å². The Labute approximate surface area is 86.1 Å². The van der Waals surface area contributed by atoms with E-state index in [0.29, 0.717) is 11.0 Å². The minimum atomic E-state index is -1.05. The molecule has 0 N–H and O–H groups in total. The number of aliphatic carboxylic acids is 1. The zero-order valence-corrected chi connectivity index (χ0v) is 9.74. The summed E-state index contributed by atoms with van der Waals surface area (Å²) in [7, 11) is 6.02. The number of carbonyl (C=O) groups excluding carboxylic acids is 1. The molecule has 0 saturated heterocycles. The minimum absolute atomic E-state index is 0.0340. The summed E-state index contributed by atoms with van der Waals surface area (Å²) >= 11 is 0. The molecule has 0 rings (SSSR count). The largest absolute Gasteiger partial charge is 0.550 e. The Morgan fingerprint density at radius 2 is 1.86 bits per heavy atom. The van der Waals surface area contributed by atoms with Gasteiger partial charge in [-0.05, 0) is 13.8 Å². The summed E-state index contributed by atoms with van der Waals surface area (Å²) in [6, 6.07) is 0. The van der Waals surface area contributed by atoms with Crippen molar-refractivity contribution in [3.05, 3.63) is 0 Å². The maximum atomic E-state index is 10.5. The molecule has 0 aliphatic rings. The third kappa shape index (κ3) is 8.01. The van der Waals surface area contributed by atoms with E-state index < -0.39 is 5.97 Å². The van der Waals surface area contributed by atoms with Gasteiger partial charge < -0.3 is 19.1 Å². The molecule has 0 spiro atoms. The molecule has 1 unspecified atom stereocenters. The van der Waals surface area contributed by atoms with Crippen LogP contribution in [0.2, 0.25) is 0 Å². The van der Waals surface area contributed by atoms with Gasteiger partial charge in [-0.25, -0.2) is 0 Å². The van der Waals surface area contributed by atoms with E-state index in [9.17, 15) is 9.90 Å². The molecule has 0 radical (unpaired) electrons. The minimum Gasteiger partial charge on any atom is -0.550 e. The molecule has 0 bridgehead atoms. The second kappa shape index (κ2) is 5.32. The van der Waals surface area contributed by atoms with E-state index in [-0.39, 0.29) is 18.6 Å². The highest BCUT2D eigenvalue weighted by Gasteiger charge is 2.19. The fourth-order valence-corrected chi connectivity index (χ4v) is 1.34. The summed E-state index contributed by atoms with van der Waals surface area (Å²) in [6.07, 6.45) is -0.251. The highest BCUT2D eigenvalue weighted by atomic mass is 16.5. The van der Waals surface area contributed by atoms with Crippen molar-refractivity contribution in [2.24, 2.45) is 0 Å². The van der Waals surface area contributed by atoms with Crippen LogP contribution in [0, 0.1) is 0 Å². The van der Waals surface area contributed by atoms with Crippen molar-refractivity contribution in [2.75, 3.05) is 27.7 Å². The maximum Gasteiger partial charge on any atom is 0.112 e. The molecule has 0 aromatic carbocycles. The molecule has 0 saturated carbocycles. The second-order valence-corrected chi connectivity index (χ2v) is 4.86. The highest BCUT2D eigenvalue weighted by Crippen LogP contribution is 2.06. The number of nitrogens with zero attached hydrogens (tertiary/aromatic N) is 1. The summed E-state index contributed by atoms with van der Waals surface area (Å²) < 4.78 is 6.19. The molecule has 4 heteroatoms. The molecule has 0 aromatic heterocycles. The van der Waals surface area contributed by atoms with E-state index in [1.807, 2.05) is 35.0 Å². The molecule has 84 valence electrons. The average Bonchev–Trinajstić information content (AvgIpc) is 1.77.